The average Bonchev–Trinajstić information content (AvgIpc) is 2.93. The predicted molar refractivity (Wildman–Crippen MR) is 95.2 cm³/mol. The van der Waals surface area contributed by atoms with E-state index < -0.39 is 6.10 Å². The number of nitrogens with one attached hydrogen (secondary N) is 1. The van der Waals surface area contributed by atoms with E-state index in [1.165, 1.54) is 11.3 Å². The summed E-state index contributed by atoms with van der Waals surface area (Å²) in [6.07, 6.45) is -0.132. The maximum absolute atomic E-state index is 12.3. The molecule has 118 valence electrons. The lowest BCUT2D eigenvalue weighted by atomic mass is 10.1. The van der Waals surface area contributed by atoms with E-state index in [0.717, 1.165) is 15.6 Å². The molecule has 0 unspecified atom stereocenters. The number of hydrogen-bond donors (Lipinski definition) is 2. The highest BCUT2D eigenvalue weighted by Gasteiger charge is 2.17. The van der Waals surface area contributed by atoms with E-state index in [2.05, 4.69) is 5.32 Å². The molecule has 1 heterocycles. The van der Waals surface area contributed by atoms with Crippen molar-refractivity contribution in [1.29, 1.82) is 0 Å². The zero-order valence-electron chi connectivity index (χ0n) is 12.3. The van der Waals surface area contributed by atoms with Crippen LogP contribution in [0.1, 0.15) is 27.8 Å². The molecule has 1 atom stereocenters. The van der Waals surface area contributed by atoms with Crippen LogP contribution in [0.25, 0.3) is 10.1 Å². The zero-order chi connectivity index (χ0) is 16.2. The summed E-state index contributed by atoms with van der Waals surface area (Å²) in [6, 6.07) is 17.1. The van der Waals surface area contributed by atoms with Crippen LogP contribution in [0.2, 0.25) is 5.02 Å². The molecule has 1 amide bonds. The van der Waals surface area contributed by atoms with E-state index in [9.17, 15) is 9.90 Å². The third kappa shape index (κ3) is 3.55. The van der Waals surface area contributed by atoms with Crippen LogP contribution in [-0.2, 0) is 0 Å². The Balaban J connectivity index is 1.62. The number of carbonyl (C=O) groups excluding carboxylic acids is 1. The van der Waals surface area contributed by atoms with E-state index in [0.29, 0.717) is 22.9 Å². The highest BCUT2D eigenvalue weighted by molar-refractivity contribution is 7.21. The molecule has 0 saturated heterocycles. The quantitative estimate of drug-likeness (QED) is 0.719. The largest absolute Gasteiger partial charge is 0.388 e. The van der Waals surface area contributed by atoms with Gasteiger partial charge in [0.25, 0.3) is 5.91 Å². The highest BCUT2D eigenvalue weighted by Crippen LogP contribution is 2.34. The van der Waals surface area contributed by atoms with E-state index in [-0.39, 0.29) is 5.91 Å². The van der Waals surface area contributed by atoms with Gasteiger partial charge in [0.1, 0.15) is 4.88 Å². The molecule has 3 aromatic rings. The number of thiophene rings is 1. The number of benzene rings is 2. The molecule has 2 aromatic carbocycles. The summed E-state index contributed by atoms with van der Waals surface area (Å²) in [4.78, 5) is 12.8. The maximum atomic E-state index is 12.3. The van der Waals surface area contributed by atoms with Crippen LogP contribution < -0.4 is 5.32 Å². The van der Waals surface area contributed by atoms with Gasteiger partial charge >= 0.3 is 0 Å². The summed E-state index contributed by atoms with van der Waals surface area (Å²) in [5, 5.41) is 14.3. The number of aliphatic hydroxyl groups excluding tert-OH is 1. The van der Waals surface area contributed by atoms with Crippen LogP contribution in [-0.4, -0.2) is 17.6 Å². The van der Waals surface area contributed by atoms with Gasteiger partial charge in [-0.3, -0.25) is 4.79 Å². The summed E-state index contributed by atoms with van der Waals surface area (Å²) in [5.74, 6) is -0.198. The first-order valence-corrected chi connectivity index (χ1v) is 8.54. The van der Waals surface area contributed by atoms with Gasteiger partial charge in [0.15, 0.2) is 0 Å². The molecule has 3 nitrogen and oxygen atoms in total. The zero-order valence-corrected chi connectivity index (χ0v) is 13.9. The molecule has 2 N–H and O–H groups in total. The second kappa shape index (κ2) is 7.13. The molecule has 1 aromatic heterocycles. The predicted octanol–water partition coefficient (Wildman–Crippen LogP) is 4.41. The van der Waals surface area contributed by atoms with E-state index in [1.54, 1.807) is 0 Å². The first-order chi connectivity index (χ1) is 11.2. The van der Waals surface area contributed by atoms with Crippen LogP contribution in [0.4, 0.5) is 0 Å². The average molecular weight is 346 g/mol. The minimum absolute atomic E-state index is 0.198. The molecule has 0 radical (unpaired) electrons. The fraction of sp³-hybridized carbons (Fsp3) is 0.167. The molecule has 0 aliphatic carbocycles. The van der Waals surface area contributed by atoms with Crippen molar-refractivity contribution in [1.82, 2.24) is 5.32 Å². The summed E-state index contributed by atoms with van der Waals surface area (Å²) in [5.41, 5.74) is 0.849. The van der Waals surface area contributed by atoms with E-state index in [4.69, 9.17) is 11.6 Å². The van der Waals surface area contributed by atoms with Crippen molar-refractivity contribution in [3.63, 3.8) is 0 Å². The van der Waals surface area contributed by atoms with Crippen molar-refractivity contribution in [3.8, 4) is 0 Å². The van der Waals surface area contributed by atoms with E-state index >= 15 is 0 Å². The van der Waals surface area contributed by atoms with Crippen LogP contribution in [0.15, 0.2) is 54.6 Å². The van der Waals surface area contributed by atoms with Crippen LogP contribution in [0.3, 0.4) is 0 Å². The number of aliphatic hydroxyl groups is 1. The Hall–Kier alpha value is -1.88. The molecule has 0 aliphatic heterocycles. The van der Waals surface area contributed by atoms with Gasteiger partial charge in [0.05, 0.1) is 11.1 Å². The topological polar surface area (TPSA) is 49.3 Å². The normalized spacial score (nSPS) is 12.3. The fourth-order valence-corrected chi connectivity index (χ4v) is 3.84. The maximum Gasteiger partial charge on any atom is 0.262 e. The summed E-state index contributed by atoms with van der Waals surface area (Å²) < 4.78 is 0.993. The molecule has 5 heteroatoms. The molecular weight excluding hydrogens is 330 g/mol. The lowest BCUT2D eigenvalue weighted by Gasteiger charge is -2.11. The number of amides is 1. The molecule has 0 saturated carbocycles. The van der Waals surface area contributed by atoms with Crippen molar-refractivity contribution in [2.75, 3.05) is 6.54 Å². The molecule has 3 rings (SSSR count). The standard InChI is InChI=1S/C18H16ClNO2S/c19-16-13-8-4-5-9-15(13)23-17(16)18(22)20-11-10-14(21)12-6-2-1-3-7-12/h1-9,14,21H,10-11H2,(H,20,22)/t14-/m0/s1. The molecule has 23 heavy (non-hydrogen) atoms. The third-order valence-electron chi connectivity index (χ3n) is 3.63. The number of rotatable bonds is 5. The highest BCUT2D eigenvalue weighted by atomic mass is 35.5. The van der Waals surface area contributed by atoms with Crippen molar-refractivity contribution < 1.29 is 9.90 Å². The van der Waals surface area contributed by atoms with Crippen molar-refractivity contribution in [2.24, 2.45) is 0 Å². The van der Waals surface area contributed by atoms with Gasteiger partial charge in [-0.15, -0.1) is 11.3 Å². The monoisotopic (exact) mass is 345 g/mol. The van der Waals surface area contributed by atoms with Crippen LogP contribution in [0.5, 0.6) is 0 Å². The Morgan fingerprint density at radius 3 is 2.57 bits per heavy atom. The first-order valence-electron chi connectivity index (χ1n) is 7.35. The van der Waals surface area contributed by atoms with Gasteiger partial charge in [0, 0.05) is 16.6 Å². The number of halogens is 1. The molecular formula is C18H16ClNO2S. The van der Waals surface area contributed by atoms with Gasteiger partial charge in [-0.2, -0.15) is 0 Å². The van der Waals surface area contributed by atoms with Gasteiger partial charge in [-0.25, -0.2) is 0 Å². The summed E-state index contributed by atoms with van der Waals surface area (Å²) >= 11 is 7.67. The second-order valence-corrected chi connectivity index (χ2v) is 6.64. The summed E-state index contributed by atoms with van der Waals surface area (Å²) in [6.45, 7) is 0.388. The Morgan fingerprint density at radius 2 is 1.83 bits per heavy atom. The molecule has 0 aliphatic rings. The minimum Gasteiger partial charge on any atom is -0.388 e. The molecule has 0 bridgehead atoms. The Kier molecular flexibility index (Phi) is 4.96. The first kappa shape index (κ1) is 16.0. The molecule has 0 fully saturated rings. The third-order valence-corrected chi connectivity index (χ3v) is 5.30. The van der Waals surface area contributed by atoms with Gasteiger partial charge in [-0.1, -0.05) is 60.1 Å². The molecule has 0 spiro atoms. The van der Waals surface area contributed by atoms with Gasteiger partial charge in [-0.05, 0) is 18.1 Å². The number of fused-ring (bicyclic) bond motifs is 1. The fourth-order valence-electron chi connectivity index (χ4n) is 2.40. The minimum atomic E-state index is -0.589. The van der Waals surface area contributed by atoms with Crippen molar-refractivity contribution in [2.45, 2.75) is 12.5 Å². The Morgan fingerprint density at radius 1 is 1.13 bits per heavy atom. The van der Waals surface area contributed by atoms with E-state index in [1.807, 2.05) is 54.6 Å². The van der Waals surface area contributed by atoms with Gasteiger partial charge < -0.3 is 10.4 Å². The van der Waals surface area contributed by atoms with Crippen molar-refractivity contribution >= 4 is 38.9 Å². The van der Waals surface area contributed by atoms with Crippen molar-refractivity contribution in [3.05, 3.63) is 70.1 Å². The van der Waals surface area contributed by atoms with Crippen LogP contribution in [0, 0.1) is 0 Å². The SMILES string of the molecule is O=C(NCC[C@H](O)c1ccccc1)c1sc2ccccc2c1Cl. The number of carbonyl (C=O) groups is 1. The van der Waals surface area contributed by atoms with Crippen LogP contribution >= 0.6 is 22.9 Å². The smallest absolute Gasteiger partial charge is 0.262 e. The van der Waals surface area contributed by atoms with Gasteiger partial charge in [0.2, 0.25) is 0 Å². The lowest BCUT2D eigenvalue weighted by molar-refractivity contribution is 0.0947. The summed E-state index contributed by atoms with van der Waals surface area (Å²) in [7, 11) is 0. The Bertz CT molecular complexity index is 816. The Labute approximate surface area is 143 Å². The second-order valence-electron chi connectivity index (χ2n) is 5.21. The lowest BCUT2D eigenvalue weighted by Crippen LogP contribution is -2.25. The number of hydrogen-bond acceptors (Lipinski definition) is 3.